The molecule has 0 bridgehead atoms. The Morgan fingerprint density at radius 1 is 1.59 bits per heavy atom. The Morgan fingerprint density at radius 2 is 2.29 bits per heavy atom. The minimum atomic E-state index is -0.403. The van der Waals surface area contributed by atoms with Crippen LogP contribution >= 0.6 is 22.6 Å². The maximum atomic E-state index is 10.6. The molecule has 6 heteroatoms. The van der Waals surface area contributed by atoms with Gasteiger partial charge in [-0.15, -0.1) is 0 Å². The number of halogens is 1. The Labute approximate surface area is 114 Å². The van der Waals surface area contributed by atoms with Gasteiger partial charge in [0.05, 0.1) is 11.0 Å². The molecule has 94 valence electrons. The molecule has 0 saturated carbocycles. The Kier molecular flexibility index (Phi) is 5.63. The lowest BCUT2D eigenvalue weighted by Gasteiger charge is -2.09. The minimum Gasteiger partial charge on any atom is -0.393 e. The molecule has 1 rings (SSSR count). The van der Waals surface area contributed by atoms with E-state index in [1.165, 1.54) is 12.1 Å². The number of nitrogens with zero attached hydrogens (tertiary/aromatic N) is 1. The molecular weight excluding hydrogens is 335 g/mol. The fourth-order valence-corrected chi connectivity index (χ4v) is 2.07. The zero-order chi connectivity index (χ0) is 12.8. The smallest absolute Gasteiger partial charge is 0.270 e. The lowest BCUT2D eigenvalue weighted by molar-refractivity contribution is -0.384. The first-order valence-corrected chi connectivity index (χ1v) is 6.44. The van der Waals surface area contributed by atoms with Gasteiger partial charge < -0.3 is 10.4 Å². The Morgan fingerprint density at radius 3 is 2.82 bits per heavy atom. The lowest BCUT2D eigenvalue weighted by Crippen LogP contribution is -2.07. The molecule has 2 N–H and O–H groups in total. The number of hydrogen-bond donors (Lipinski definition) is 2. The van der Waals surface area contributed by atoms with Gasteiger partial charge in [0.1, 0.15) is 0 Å². The van der Waals surface area contributed by atoms with Gasteiger partial charge in [-0.3, -0.25) is 10.1 Å². The van der Waals surface area contributed by atoms with Gasteiger partial charge >= 0.3 is 0 Å². The summed E-state index contributed by atoms with van der Waals surface area (Å²) in [6, 6.07) is 4.74. The van der Waals surface area contributed by atoms with Gasteiger partial charge in [0.25, 0.3) is 5.69 Å². The maximum Gasteiger partial charge on any atom is 0.270 e. The number of anilines is 1. The third-order valence-corrected chi connectivity index (χ3v) is 3.17. The van der Waals surface area contributed by atoms with Crippen molar-refractivity contribution in [3.8, 4) is 0 Å². The third-order valence-electron chi connectivity index (χ3n) is 2.28. The quantitative estimate of drug-likeness (QED) is 0.358. The van der Waals surface area contributed by atoms with Crippen LogP contribution in [0.4, 0.5) is 11.4 Å². The summed E-state index contributed by atoms with van der Waals surface area (Å²) in [5, 5.41) is 22.8. The number of nitro groups is 1. The third kappa shape index (κ3) is 4.86. The number of nitro benzene ring substituents is 1. The van der Waals surface area contributed by atoms with Crippen molar-refractivity contribution in [3.05, 3.63) is 31.9 Å². The van der Waals surface area contributed by atoms with Crippen LogP contribution in [-0.4, -0.2) is 22.7 Å². The molecule has 0 aliphatic rings. The summed E-state index contributed by atoms with van der Waals surface area (Å²) in [7, 11) is 0. The molecule has 1 aromatic carbocycles. The summed E-state index contributed by atoms with van der Waals surface area (Å²) in [5.74, 6) is 0. The van der Waals surface area contributed by atoms with Crippen molar-refractivity contribution in [1.82, 2.24) is 0 Å². The highest BCUT2D eigenvalue weighted by atomic mass is 127. The Balaban J connectivity index is 2.52. The fourth-order valence-electron chi connectivity index (χ4n) is 1.38. The molecular formula is C11H15IN2O3. The Bertz CT molecular complexity index is 396. The molecule has 0 saturated heterocycles. The van der Waals surface area contributed by atoms with Gasteiger partial charge in [-0.2, -0.15) is 0 Å². The number of nitrogens with one attached hydrogen (secondary N) is 1. The van der Waals surface area contributed by atoms with E-state index in [0.29, 0.717) is 0 Å². The first kappa shape index (κ1) is 14.2. The number of aliphatic hydroxyl groups is 1. The summed E-state index contributed by atoms with van der Waals surface area (Å²) in [6.07, 6.45) is 1.33. The molecule has 17 heavy (non-hydrogen) atoms. The molecule has 0 aromatic heterocycles. The van der Waals surface area contributed by atoms with Crippen molar-refractivity contribution in [3.63, 3.8) is 0 Å². The van der Waals surface area contributed by atoms with E-state index >= 15 is 0 Å². The minimum absolute atomic E-state index is 0.101. The van der Waals surface area contributed by atoms with Gasteiger partial charge in [0.2, 0.25) is 0 Å². The summed E-state index contributed by atoms with van der Waals surface area (Å²) >= 11 is 2.07. The Hall–Kier alpha value is -0.890. The van der Waals surface area contributed by atoms with Crippen molar-refractivity contribution in [2.24, 2.45) is 0 Å². The monoisotopic (exact) mass is 350 g/mol. The zero-order valence-electron chi connectivity index (χ0n) is 9.52. The predicted molar refractivity (Wildman–Crippen MR) is 75.2 cm³/mol. The molecule has 0 radical (unpaired) electrons. The van der Waals surface area contributed by atoms with Crippen molar-refractivity contribution in [2.45, 2.75) is 25.9 Å². The van der Waals surface area contributed by atoms with Crippen molar-refractivity contribution in [1.29, 1.82) is 0 Å². The zero-order valence-corrected chi connectivity index (χ0v) is 11.7. The number of benzene rings is 1. The highest BCUT2D eigenvalue weighted by Gasteiger charge is 2.08. The van der Waals surface area contributed by atoms with Crippen LogP contribution in [0.25, 0.3) is 0 Å². The molecule has 1 unspecified atom stereocenters. The average Bonchev–Trinajstić information content (AvgIpc) is 2.25. The normalized spacial score (nSPS) is 12.2. The second kappa shape index (κ2) is 6.75. The van der Waals surface area contributed by atoms with Crippen LogP contribution in [0.5, 0.6) is 0 Å². The van der Waals surface area contributed by atoms with Gasteiger partial charge in [-0.1, -0.05) is 0 Å². The molecule has 0 heterocycles. The lowest BCUT2D eigenvalue weighted by atomic mass is 10.2. The van der Waals surface area contributed by atoms with Crippen LogP contribution in [0.2, 0.25) is 0 Å². The van der Waals surface area contributed by atoms with E-state index in [-0.39, 0.29) is 11.8 Å². The van der Waals surface area contributed by atoms with Crippen LogP contribution in [0.1, 0.15) is 19.8 Å². The number of non-ortho nitro benzene ring substituents is 1. The number of hydrogen-bond acceptors (Lipinski definition) is 4. The standard InChI is InChI=1S/C11H15IN2O3/c1-8(15)3-2-6-13-11-5-4-9(14(16)17)7-10(11)12/h4-5,7-8,13,15H,2-3,6H2,1H3. The summed E-state index contributed by atoms with van der Waals surface area (Å²) in [5.41, 5.74) is 0.991. The van der Waals surface area contributed by atoms with E-state index in [2.05, 4.69) is 27.9 Å². The predicted octanol–water partition coefficient (Wildman–Crippen LogP) is 2.77. The van der Waals surface area contributed by atoms with E-state index in [1.807, 2.05) is 0 Å². The maximum absolute atomic E-state index is 10.6. The molecule has 0 amide bonds. The van der Waals surface area contributed by atoms with Crippen LogP contribution in [-0.2, 0) is 0 Å². The van der Waals surface area contributed by atoms with E-state index in [1.54, 1.807) is 13.0 Å². The van der Waals surface area contributed by atoms with Gasteiger partial charge in [-0.25, -0.2) is 0 Å². The number of rotatable bonds is 6. The van der Waals surface area contributed by atoms with Crippen LogP contribution in [0, 0.1) is 13.7 Å². The largest absolute Gasteiger partial charge is 0.393 e. The second-order valence-electron chi connectivity index (χ2n) is 3.84. The second-order valence-corrected chi connectivity index (χ2v) is 5.00. The van der Waals surface area contributed by atoms with Crippen LogP contribution in [0.15, 0.2) is 18.2 Å². The molecule has 0 aliphatic heterocycles. The molecule has 1 atom stereocenters. The topological polar surface area (TPSA) is 75.4 Å². The van der Waals surface area contributed by atoms with E-state index in [4.69, 9.17) is 5.11 Å². The van der Waals surface area contributed by atoms with Crippen LogP contribution < -0.4 is 5.32 Å². The van der Waals surface area contributed by atoms with E-state index in [9.17, 15) is 10.1 Å². The highest BCUT2D eigenvalue weighted by molar-refractivity contribution is 14.1. The molecule has 1 aromatic rings. The SMILES string of the molecule is CC(O)CCCNc1ccc([N+](=O)[O-])cc1I. The first-order chi connectivity index (χ1) is 8.00. The van der Waals surface area contributed by atoms with Gasteiger partial charge in [-0.05, 0) is 48.4 Å². The summed E-state index contributed by atoms with van der Waals surface area (Å²) in [6.45, 7) is 2.51. The first-order valence-electron chi connectivity index (χ1n) is 5.36. The van der Waals surface area contributed by atoms with Gasteiger partial charge in [0, 0.05) is 27.9 Å². The van der Waals surface area contributed by atoms with E-state index < -0.39 is 4.92 Å². The summed E-state index contributed by atoms with van der Waals surface area (Å²) in [4.78, 5) is 10.2. The van der Waals surface area contributed by atoms with Crippen molar-refractivity contribution < 1.29 is 10.0 Å². The highest BCUT2D eigenvalue weighted by Crippen LogP contribution is 2.23. The molecule has 0 fully saturated rings. The van der Waals surface area contributed by atoms with Crippen molar-refractivity contribution >= 4 is 34.0 Å². The molecule has 0 spiro atoms. The van der Waals surface area contributed by atoms with E-state index in [0.717, 1.165) is 28.6 Å². The molecule has 0 aliphatic carbocycles. The van der Waals surface area contributed by atoms with Gasteiger partial charge in [0.15, 0.2) is 0 Å². The fraction of sp³-hybridized carbons (Fsp3) is 0.455. The average molecular weight is 350 g/mol. The van der Waals surface area contributed by atoms with Crippen LogP contribution in [0.3, 0.4) is 0 Å². The number of aliphatic hydroxyl groups excluding tert-OH is 1. The summed E-state index contributed by atoms with van der Waals surface area (Å²) < 4.78 is 0.828. The molecule has 5 nitrogen and oxygen atoms in total. The van der Waals surface area contributed by atoms with Crippen molar-refractivity contribution in [2.75, 3.05) is 11.9 Å².